The zero-order valence-electron chi connectivity index (χ0n) is 16.6. The number of piperazine rings is 1. The molecule has 1 amide bonds. The van der Waals surface area contributed by atoms with Gasteiger partial charge in [-0.05, 0) is 31.2 Å². The van der Waals surface area contributed by atoms with Crippen molar-refractivity contribution in [1.82, 2.24) is 14.9 Å². The summed E-state index contributed by atoms with van der Waals surface area (Å²) in [6, 6.07) is 7.25. The third kappa shape index (κ3) is 4.71. The smallest absolute Gasteiger partial charge is 0.408 e. The second-order valence-electron chi connectivity index (χ2n) is 7.45. The number of hydrogen-bond donors (Lipinski definition) is 2. The van der Waals surface area contributed by atoms with Crippen molar-refractivity contribution < 1.29 is 22.4 Å². The monoisotopic (exact) mass is 435 g/mol. The molecule has 3 heterocycles. The van der Waals surface area contributed by atoms with Crippen molar-refractivity contribution in [3.63, 3.8) is 0 Å². The van der Waals surface area contributed by atoms with E-state index in [0.717, 1.165) is 12.3 Å². The van der Waals surface area contributed by atoms with Crippen LogP contribution in [0.4, 0.5) is 24.7 Å². The summed E-state index contributed by atoms with van der Waals surface area (Å²) >= 11 is 0. The van der Waals surface area contributed by atoms with Gasteiger partial charge in [-0.1, -0.05) is 0 Å². The fourth-order valence-corrected chi connectivity index (χ4v) is 3.67. The van der Waals surface area contributed by atoms with Gasteiger partial charge in [0, 0.05) is 43.6 Å². The molecular weight excluding hydrogens is 415 g/mol. The zero-order valence-corrected chi connectivity index (χ0v) is 16.6. The Balaban J connectivity index is 1.33. The first-order valence-corrected chi connectivity index (χ1v) is 9.64. The Labute approximate surface area is 174 Å². The Morgan fingerprint density at radius 2 is 2.10 bits per heavy atom. The number of benzene rings is 1. The third-order valence-corrected chi connectivity index (χ3v) is 5.15. The maximum absolute atomic E-state index is 12.7. The molecule has 0 aliphatic carbocycles. The maximum atomic E-state index is 12.7. The number of alkyl halides is 3. The van der Waals surface area contributed by atoms with Gasteiger partial charge < -0.3 is 14.6 Å². The topological polar surface area (TPSA) is 94.5 Å². The molecule has 1 saturated heterocycles. The highest BCUT2D eigenvalue weighted by Gasteiger charge is 2.32. The van der Waals surface area contributed by atoms with Gasteiger partial charge in [-0.2, -0.15) is 13.2 Å². The Morgan fingerprint density at radius 1 is 1.29 bits per heavy atom. The minimum absolute atomic E-state index is 0.0312. The molecule has 164 valence electrons. The van der Waals surface area contributed by atoms with Gasteiger partial charge in [0.05, 0.1) is 17.6 Å². The average molecular weight is 435 g/mol. The minimum Gasteiger partial charge on any atom is -0.408 e. The van der Waals surface area contributed by atoms with Gasteiger partial charge in [-0.3, -0.25) is 14.7 Å². The second-order valence-corrected chi connectivity index (χ2v) is 7.45. The molecule has 0 saturated carbocycles. The van der Waals surface area contributed by atoms with Crippen LogP contribution in [-0.4, -0.2) is 53.0 Å². The molecular formula is C20H20F3N5O3. The van der Waals surface area contributed by atoms with Crippen molar-refractivity contribution in [2.24, 2.45) is 0 Å². The van der Waals surface area contributed by atoms with Gasteiger partial charge >= 0.3 is 11.9 Å². The zero-order chi connectivity index (χ0) is 22.2. The molecule has 0 unspecified atom stereocenters. The number of aromatic nitrogens is 2. The largest absolute Gasteiger partial charge is 0.417 e. The van der Waals surface area contributed by atoms with Crippen LogP contribution in [0.5, 0.6) is 0 Å². The van der Waals surface area contributed by atoms with Gasteiger partial charge in [0.1, 0.15) is 5.82 Å². The predicted molar refractivity (Wildman–Crippen MR) is 108 cm³/mol. The summed E-state index contributed by atoms with van der Waals surface area (Å²) in [5, 5.41) is 2.78. The van der Waals surface area contributed by atoms with Crippen molar-refractivity contribution >= 4 is 28.5 Å². The van der Waals surface area contributed by atoms with E-state index in [1.54, 1.807) is 18.2 Å². The number of rotatable bonds is 4. The van der Waals surface area contributed by atoms with Crippen LogP contribution in [0, 0.1) is 0 Å². The van der Waals surface area contributed by atoms with Crippen molar-refractivity contribution in [3.8, 4) is 0 Å². The number of carbonyl (C=O) groups excluding carboxylic acids is 1. The third-order valence-electron chi connectivity index (χ3n) is 5.15. The highest BCUT2D eigenvalue weighted by atomic mass is 19.4. The van der Waals surface area contributed by atoms with Crippen LogP contribution in [-0.2, 0) is 11.0 Å². The van der Waals surface area contributed by atoms with Crippen LogP contribution in [0.2, 0.25) is 0 Å². The van der Waals surface area contributed by atoms with Crippen molar-refractivity contribution in [1.29, 1.82) is 0 Å². The Bertz CT molecular complexity index is 1140. The average Bonchev–Trinajstić information content (AvgIpc) is 3.07. The summed E-state index contributed by atoms with van der Waals surface area (Å²) < 4.78 is 43.2. The molecule has 1 aliphatic heterocycles. The quantitative estimate of drug-likeness (QED) is 0.655. The molecule has 0 radical (unpaired) electrons. The fraction of sp³-hybridized carbons (Fsp3) is 0.350. The standard InChI is InChI=1S/C20H20F3N5O3/c1-12-10-27(6-7-28(12)17-5-2-13(9-24-17)20(21,22)23)11-18(29)25-14-3-4-15-16(8-14)31-19(30)26-15/h2-5,8-9,12H,6-7,10-11H2,1H3,(H,25,29)(H,26,30)/t12-/m1/s1. The number of H-pyrrole nitrogens is 1. The number of hydrogen-bond acceptors (Lipinski definition) is 6. The number of aromatic amines is 1. The Kier molecular flexibility index (Phi) is 5.44. The van der Waals surface area contributed by atoms with Gasteiger partial charge in [0.25, 0.3) is 0 Å². The molecule has 1 atom stereocenters. The highest BCUT2D eigenvalue weighted by Crippen LogP contribution is 2.30. The van der Waals surface area contributed by atoms with E-state index in [1.807, 2.05) is 16.7 Å². The highest BCUT2D eigenvalue weighted by molar-refractivity contribution is 5.94. The van der Waals surface area contributed by atoms with E-state index in [2.05, 4.69) is 15.3 Å². The summed E-state index contributed by atoms with van der Waals surface area (Å²) in [7, 11) is 0. The van der Waals surface area contributed by atoms with Gasteiger partial charge in [0.15, 0.2) is 5.58 Å². The van der Waals surface area contributed by atoms with E-state index in [1.165, 1.54) is 6.07 Å². The molecule has 8 nitrogen and oxygen atoms in total. The van der Waals surface area contributed by atoms with E-state index in [4.69, 9.17) is 4.42 Å². The van der Waals surface area contributed by atoms with Crippen LogP contribution >= 0.6 is 0 Å². The normalized spacial score (nSPS) is 17.8. The van der Waals surface area contributed by atoms with E-state index >= 15 is 0 Å². The van der Waals surface area contributed by atoms with Gasteiger partial charge in [-0.25, -0.2) is 9.78 Å². The number of anilines is 2. The summed E-state index contributed by atoms with van der Waals surface area (Å²) in [4.78, 5) is 34.0. The summed E-state index contributed by atoms with van der Waals surface area (Å²) in [5.41, 5.74) is 0.635. The molecule has 2 aromatic heterocycles. The predicted octanol–water partition coefficient (Wildman–Crippen LogP) is 2.68. The van der Waals surface area contributed by atoms with E-state index in [-0.39, 0.29) is 18.5 Å². The SMILES string of the molecule is C[C@@H]1CN(CC(=O)Nc2ccc3[nH]c(=O)oc3c2)CCN1c1ccc(C(F)(F)F)cn1. The molecule has 3 aromatic rings. The number of nitrogens with zero attached hydrogens (tertiary/aromatic N) is 3. The van der Waals surface area contributed by atoms with Gasteiger partial charge in [0.2, 0.25) is 5.91 Å². The first-order chi connectivity index (χ1) is 14.7. The first-order valence-electron chi connectivity index (χ1n) is 9.64. The van der Waals surface area contributed by atoms with Crippen LogP contribution < -0.4 is 16.0 Å². The lowest BCUT2D eigenvalue weighted by atomic mass is 10.1. The number of nitrogens with one attached hydrogen (secondary N) is 2. The van der Waals surface area contributed by atoms with Crippen LogP contribution in [0.3, 0.4) is 0 Å². The summed E-state index contributed by atoms with van der Waals surface area (Å²) in [6.07, 6.45) is -3.58. The number of carbonyl (C=O) groups is 1. The lowest BCUT2D eigenvalue weighted by molar-refractivity contribution is -0.137. The van der Waals surface area contributed by atoms with Crippen molar-refractivity contribution in [2.45, 2.75) is 19.1 Å². The number of amides is 1. The lowest BCUT2D eigenvalue weighted by Crippen LogP contribution is -2.53. The minimum atomic E-state index is -4.42. The van der Waals surface area contributed by atoms with Crippen molar-refractivity contribution in [3.05, 3.63) is 52.6 Å². The molecule has 31 heavy (non-hydrogen) atoms. The molecule has 1 aromatic carbocycles. The molecule has 0 spiro atoms. The van der Waals surface area contributed by atoms with Crippen LogP contribution in [0.1, 0.15) is 12.5 Å². The summed E-state index contributed by atoms with van der Waals surface area (Å²) in [6.45, 7) is 3.75. The number of halogens is 3. The maximum Gasteiger partial charge on any atom is 0.417 e. The van der Waals surface area contributed by atoms with E-state index < -0.39 is 17.5 Å². The van der Waals surface area contributed by atoms with E-state index in [0.29, 0.717) is 42.2 Å². The molecule has 1 aliphatic rings. The first kappa shape index (κ1) is 20.9. The molecule has 2 N–H and O–H groups in total. The summed E-state index contributed by atoms with van der Waals surface area (Å²) in [5.74, 6) is -0.302. The van der Waals surface area contributed by atoms with Crippen LogP contribution in [0.25, 0.3) is 11.1 Å². The number of pyridine rings is 1. The Morgan fingerprint density at radius 3 is 2.77 bits per heavy atom. The second kappa shape index (κ2) is 8.06. The Hall–Kier alpha value is -3.34. The molecule has 0 bridgehead atoms. The van der Waals surface area contributed by atoms with E-state index in [9.17, 15) is 22.8 Å². The van der Waals surface area contributed by atoms with Crippen molar-refractivity contribution in [2.75, 3.05) is 36.4 Å². The lowest BCUT2D eigenvalue weighted by Gasteiger charge is -2.40. The fourth-order valence-electron chi connectivity index (χ4n) is 3.67. The number of oxazole rings is 1. The molecule has 11 heteroatoms. The van der Waals surface area contributed by atoms with Gasteiger partial charge in [-0.15, -0.1) is 0 Å². The number of fused-ring (bicyclic) bond motifs is 1. The molecule has 4 rings (SSSR count). The van der Waals surface area contributed by atoms with Crippen LogP contribution in [0.15, 0.2) is 45.7 Å². The molecule has 1 fully saturated rings.